The van der Waals surface area contributed by atoms with Gasteiger partial charge in [-0.15, -0.1) is 0 Å². The average molecular weight is 129 g/mol. The van der Waals surface area contributed by atoms with Gasteiger partial charge in [0.25, 0.3) is 0 Å². The van der Waals surface area contributed by atoms with Crippen LogP contribution in [-0.2, 0) is 0 Å². The summed E-state index contributed by atoms with van der Waals surface area (Å²) in [6.07, 6.45) is 1.20. The largest absolute Gasteiger partial charge is 0.396 e. The highest BCUT2D eigenvalue weighted by Gasteiger charge is 2.29. The van der Waals surface area contributed by atoms with Crippen LogP contribution in [0.1, 0.15) is 6.42 Å². The molecule has 0 amide bonds. The Morgan fingerprint density at radius 3 is 2.89 bits per heavy atom. The molecule has 0 aromatic carbocycles. The molecule has 2 N–H and O–H groups in total. The van der Waals surface area contributed by atoms with E-state index in [0.29, 0.717) is 18.7 Å². The van der Waals surface area contributed by atoms with Crippen LogP contribution in [0.25, 0.3) is 0 Å². The van der Waals surface area contributed by atoms with Gasteiger partial charge in [0.2, 0.25) is 0 Å². The topological polar surface area (TPSA) is 46.4 Å². The third kappa shape index (κ3) is 1.41. The molecular formula is C6H13N2O. The monoisotopic (exact) mass is 129 g/mol. The molecule has 0 aliphatic carbocycles. The molecule has 3 heteroatoms. The number of hydrogen-bond donors (Lipinski definition) is 2. The number of nitrogens with zero attached hydrogens (tertiary/aromatic N) is 1. The summed E-state index contributed by atoms with van der Waals surface area (Å²) in [5, 5.41) is 15.8. The molecule has 0 aromatic heterocycles. The SMILES string of the molecule is CNC1[N]CC1CCO. The number of rotatable bonds is 3. The summed E-state index contributed by atoms with van der Waals surface area (Å²) in [5.41, 5.74) is 0. The van der Waals surface area contributed by atoms with E-state index < -0.39 is 0 Å². The van der Waals surface area contributed by atoms with Gasteiger partial charge in [-0.25, -0.2) is 5.32 Å². The lowest BCUT2D eigenvalue weighted by atomic mass is 9.95. The van der Waals surface area contributed by atoms with E-state index in [4.69, 9.17) is 5.11 Å². The molecule has 1 fully saturated rings. The van der Waals surface area contributed by atoms with E-state index in [1.807, 2.05) is 7.05 Å². The molecule has 1 aliphatic rings. The van der Waals surface area contributed by atoms with Crippen molar-refractivity contribution in [3.63, 3.8) is 0 Å². The minimum Gasteiger partial charge on any atom is -0.396 e. The van der Waals surface area contributed by atoms with Crippen molar-refractivity contribution in [2.45, 2.75) is 12.6 Å². The Balaban J connectivity index is 2.11. The minimum absolute atomic E-state index is 0.290. The second-order valence-corrected chi connectivity index (χ2v) is 2.37. The molecule has 1 radical (unpaired) electrons. The van der Waals surface area contributed by atoms with E-state index in [-0.39, 0.29) is 0 Å². The lowest BCUT2D eigenvalue weighted by molar-refractivity contribution is 0.147. The van der Waals surface area contributed by atoms with Crippen LogP contribution in [0.2, 0.25) is 0 Å². The van der Waals surface area contributed by atoms with Crippen LogP contribution in [0.4, 0.5) is 0 Å². The number of nitrogens with one attached hydrogen (secondary N) is 1. The van der Waals surface area contributed by atoms with E-state index in [9.17, 15) is 0 Å². The predicted octanol–water partition coefficient (Wildman–Crippen LogP) is -0.852. The van der Waals surface area contributed by atoms with Crippen LogP contribution in [0.3, 0.4) is 0 Å². The average Bonchev–Trinajstić information content (AvgIpc) is 1.82. The predicted molar refractivity (Wildman–Crippen MR) is 35.0 cm³/mol. The van der Waals surface area contributed by atoms with Gasteiger partial charge >= 0.3 is 0 Å². The van der Waals surface area contributed by atoms with E-state index in [2.05, 4.69) is 10.6 Å². The van der Waals surface area contributed by atoms with Crippen LogP contribution < -0.4 is 10.6 Å². The zero-order valence-corrected chi connectivity index (χ0v) is 5.67. The fraction of sp³-hybridized carbons (Fsp3) is 1.00. The first-order valence-electron chi connectivity index (χ1n) is 3.33. The molecule has 1 rings (SSSR count). The Morgan fingerprint density at radius 2 is 2.56 bits per heavy atom. The van der Waals surface area contributed by atoms with Gasteiger partial charge in [0.1, 0.15) is 0 Å². The molecule has 2 unspecified atom stereocenters. The van der Waals surface area contributed by atoms with E-state index in [0.717, 1.165) is 13.0 Å². The molecule has 53 valence electrons. The second-order valence-electron chi connectivity index (χ2n) is 2.37. The zero-order chi connectivity index (χ0) is 6.69. The zero-order valence-electron chi connectivity index (χ0n) is 5.67. The van der Waals surface area contributed by atoms with Gasteiger partial charge in [-0.1, -0.05) is 0 Å². The van der Waals surface area contributed by atoms with Gasteiger partial charge in [-0.3, -0.25) is 0 Å². The summed E-state index contributed by atoms with van der Waals surface area (Å²) in [4.78, 5) is 0. The highest BCUT2D eigenvalue weighted by atomic mass is 16.3. The summed E-state index contributed by atoms with van der Waals surface area (Å²) in [5.74, 6) is 0.583. The molecule has 2 atom stereocenters. The van der Waals surface area contributed by atoms with Gasteiger partial charge in [0, 0.05) is 19.1 Å². The van der Waals surface area contributed by atoms with E-state index in [1.165, 1.54) is 0 Å². The first-order valence-corrected chi connectivity index (χ1v) is 3.33. The lowest BCUT2D eigenvalue weighted by Gasteiger charge is -2.35. The lowest BCUT2D eigenvalue weighted by Crippen LogP contribution is -2.55. The molecule has 0 spiro atoms. The molecule has 0 aromatic rings. The molecule has 0 bridgehead atoms. The summed E-state index contributed by atoms with van der Waals surface area (Å²) in [7, 11) is 1.90. The molecule has 3 nitrogen and oxygen atoms in total. The van der Waals surface area contributed by atoms with Crippen LogP contribution >= 0.6 is 0 Å². The molecule has 1 saturated heterocycles. The maximum Gasteiger partial charge on any atom is 0.0775 e. The quantitative estimate of drug-likeness (QED) is 0.521. The van der Waals surface area contributed by atoms with Crippen molar-refractivity contribution < 1.29 is 5.11 Å². The second kappa shape index (κ2) is 3.15. The third-order valence-corrected chi connectivity index (χ3v) is 1.78. The smallest absolute Gasteiger partial charge is 0.0775 e. The fourth-order valence-corrected chi connectivity index (χ4v) is 1.10. The van der Waals surface area contributed by atoms with Gasteiger partial charge in [0.15, 0.2) is 0 Å². The van der Waals surface area contributed by atoms with Crippen molar-refractivity contribution in [3.8, 4) is 0 Å². The first kappa shape index (κ1) is 6.99. The molecule has 1 heterocycles. The van der Waals surface area contributed by atoms with Crippen LogP contribution in [-0.4, -0.2) is 31.5 Å². The Kier molecular flexibility index (Phi) is 2.45. The van der Waals surface area contributed by atoms with E-state index in [1.54, 1.807) is 0 Å². The number of hydrogen-bond acceptors (Lipinski definition) is 2. The van der Waals surface area contributed by atoms with Gasteiger partial charge < -0.3 is 10.4 Å². The summed E-state index contributed by atoms with van der Waals surface area (Å²) in [6.45, 7) is 1.21. The number of aliphatic hydroxyl groups excluding tert-OH is 1. The highest BCUT2D eigenvalue weighted by molar-refractivity contribution is 4.83. The van der Waals surface area contributed by atoms with Crippen LogP contribution in [0.5, 0.6) is 0 Å². The summed E-state index contributed by atoms with van der Waals surface area (Å²) < 4.78 is 0. The minimum atomic E-state index is 0.290. The van der Waals surface area contributed by atoms with Crippen molar-refractivity contribution >= 4 is 0 Å². The van der Waals surface area contributed by atoms with Crippen molar-refractivity contribution in [2.75, 3.05) is 20.2 Å². The fourth-order valence-electron chi connectivity index (χ4n) is 1.10. The molecule has 0 saturated carbocycles. The third-order valence-electron chi connectivity index (χ3n) is 1.78. The Hall–Kier alpha value is -0.120. The van der Waals surface area contributed by atoms with E-state index >= 15 is 0 Å². The first-order chi connectivity index (χ1) is 4.38. The number of aliphatic hydroxyl groups is 1. The van der Waals surface area contributed by atoms with Crippen molar-refractivity contribution in [2.24, 2.45) is 5.92 Å². The Labute approximate surface area is 55.5 Å². The van der Waals surface area contributed by atoms with Crippen molar-refractivity contribution in [3.05, 3.63) is 0 Å². The van der Waals surface area contributed by atoms with Crippen LogP contribution in [0, 0.1) is 5.92 Å². The van der Waals surface area contributed by atoms with Gasteiger partial charge in [-0.05, 0) is 13.5 Å². The standard InChI is InChI=1S/C6H13N2O/c1-7-6-5(2-3-9)4-8-6/h5-7,9H,2-4H2,1H3. The van der Waals surface area contributed by atoms with Crippen LogP contribution in [0.15, 0.2) is 0 Å². The Morgan fingerprint density at radius 1 is 1.78 bits per heavy atom. The molecular weight excluding hydrogens is 116 g/mol. The Bertz CT molecular complexity index is 85.1. The summed E-state index contributed by atoms with van der Waals surface area (Å²) >= 11 is 0. The van der Waals surface area contributed by atoms with Gasteiger partial charge in [0.05, 0.1) is 6.17 Å². The summed E-state index contributed by atoms with van der Waals surface area (Å²) in [6, 6.07) is 0. The maximum atomic E-state index is 8.55. The highest BCUT2D eigenvalue weighted by Crippen LogP contribution is 2.15. The van der Waals surface area contributed by atoms with Crippen molar-refractivity contribution in [1.29, 1.82) is 0 Å². The van der Waals surface area contributed by atoms with Gasteiger partial charge in [-0.2, -0.15) is 0 Å². The molecule has 9 heavy (non-hydrogen) atoms. The molecule has 1 aliphatic heterocycles. The maximum absolute atomic E-state index is 8.55. The van der Waals surface area contributed by atoms with Crippen molar-refractivity contribution in [1.82, 2.24) is 10.6 Å². The normalized spacial score (nSPS) is 34.0.